The average molecular weight is 462 g/mol. The van der Waals surface area contributed by atoms with Crippen molar-refractivity contribution in [1.82, 2.24) is 15.0 Å². The van der Waals surface area contributed by atoms with Crippen LogP contribution in [0.4, 0.5) is 11.6 Å². The van der Waals surface area contributed by atoms with Gasteiger partial charge in [0.25, 0.3) is 0 Å². The second-order valence-corrected chi connectivity index (χ2v) is 10.1. The van der Waals surface area contributed by atoms with E-state index in [9.17, 15) is 4.79 Å². The Balaban J connectivity index is 1.55. The van der Waals surface area contributed by atoms with Crippen molar-refractivity contribution in [3.8, 4) is 5.88 Å². The van der Waals surface area contributed by atoms with Crippen molar-refractivity contribution in [3.63, 3.8) is 0 Å². The largest absolute Gasteiger partial charge is 0.471 e. The first kappa shape index (κ1) is 22.5. The maximum Gasteiger partial charge on any atom is 0.340 e. The van der Waals surface area contributed by atoms with Gasteiger partial charge in [-0.15, -0.1) is 0 Å². The average Bonchev–Trinajstić information content (AvgIpc) is 3.54. The highest BCUT2D eigenvalue weighted by molar-refractivity contribution is 5.93. The second-order valence-electron chi connectivity index (χ2n) is 10.1. The van der Waals surface area contributed by atoms with Gasteiger partial charge in [0.15, 0.2) is 0 Å². The summed E-state index contributed by atoms with van der Waals surface area (Å²) in [6.07, 6.45) is 6.17. The number of hydrogen-bond acceptors (Lipinski definition) is 8. The molecule has 8 heteroatoms. The standard InChI is InChI=1S/C26H31N5O3/c1-6-26(5,27)19-13-29-23(34-25(4)9-10-25)18-12-28-21(11-17(18)19)30-20-8-7-16-22(31-20)14(2)15(3)33-24(16)32/h7-8,11-15H,6,9-10,27H2,1-5H3,(H,28,30,31)/t14-,15+,26?/m1/s1. The van der Waals surface area contributed by atoms with E-state index < -0.39 is 5.54 Å². The van der Waals surface area contributed by atoms with Crippen LogP contribution in [0, 0.1) is 0 Å². The Labute approximate surface area is 199 Å². The van der Waals surface area contributed by atoms with Crippen LogP contribution >= 0.6 is 0 Å². The van der Waals surface area contributed by atoms with Gasteiger partial charge < -0.3 is 20.5 Å². The van der Waals surface area contributed by atoms with Crippen LogP contribution in [0.5, 0.6) is 5.88 Å². The zero-order chi connectivity index (χ0) is 24.3. The van der Waals surface area contributed by atoms with Gasteiger partial charge in [-0.1, -0.05) is 13.8 Å². The smallest absolute Gasteiger partial charge is 0.340 e. The summed E-state index contributed by atoms with van der Waals surface area (Å²) >= 11 is 0. The van der Waals surface area contributed by atoms with Crippen molar-refractivity contribution in [2.24, 2.45) is 5.73 Å². The summed E-state index contributed by atoms with van der Waals surface area (Å²) in [6.45, 7) is 10.1. The van der Waals surface area contributed by atoms with E-state index in [4.69, 9.17) is 20.2 Å². The summed E-state index contributed by atoms with van der Waals surface area (Å²) in [5, 5.41) is 5.08. The fourth-order valence-electron chi connectivity index (χ4n) is 4.17. The maximum atomic E-state index is 12.2. The minimum absolute atomic E-state index is 0.00249. The molecule has 1 aliphatic carbocycles. The molecule has 0 bridgehead atoms. The van der Waals surface area contributed by atoms with Crippen molar-refractivity contribution >= 4 is 28.4 Å². The first-order valence-electron chi connectivity index (χ1n) is 11.9. The maximum absolute atomic E-state index is 12.2. The Bertz CT molecular complexity index is 1280. The van der Waals surface area contributed by atoms with Crippen LogP contribution in [0.3, 0.4) is 0 Å². The van der Waals surface area contributed by atoms with Crippen LogP contribution in [0.2, 0.25) is 0 Å². The third kappa shape index (κ3) is 3.96. The zero-order valence-electron chi connectivity index (χ0n) is 20.3. The fourth-order valence-corrected chi connectivity index (χ4v) is 4.17. The molecule has 4 heterocycles. The summed E-state index contributed by atoms with van der Waals surface area (Å²) in [5.41, 5.74) is 8.10. The van der Waals surface area contributed by atoms with E-state index >= 15 is 0 Å². The summed E-state index contributed by atoms with van der Waals surface area (Å²) in [7, 11) is 0. The van der Waals surface area contributed by atoms with Gasteiger partial charge in [0, 0.05) is 23.9 Å². The van der Waals surface area contributed by atoms with E-state index in [0.29, 0.717) is 23.1 Å². The number of hydrogen-bond donors (Lipinski definition) is 2. The number of esters is 1. The Morgan fingerprint density at radius 1 is 1.21 bits per heavy atom. The molecule has 3 N–H and O–H groups in total. The Morgan fingerprint density at radius 3 is 2.68 bits per heavy atom. The van der Waals surface area contributed by atoms with Gasteiger partial charge in [-0.2, -0.15) is 0 Å². The summed E-state index contributed by atoms with van der Waals surface area (Å²) in [5.74, 6) is 1.49. The third-order valence-electron chi connectivity index (χ3n) is 7.21. The predicted octanol–water partition coefficient (Wildman–Crippen LogP) is 4.95. The first-order chi connectivity index (χ1) is 16.1. The van der Waals surface area contributed by atoms with E-state index in [2.05, 4.69) is 29.1 Å². The third-order valence-corrected chi connectivity index (χ3v) is 7.21. The molecule has 34 heavy (non-hydrogen) atoms. The number of pyridine rings is 3. The number of cyclic esters (lactones) is 1. The number of carbonyl (C=O) groups is 1. The molecule has 178 valence electrons. The van der Waals surface area contributed by atoms with Gasteiger partial charge in [-0.05, 0) is 69.2 Å². The summed E-state index contributed by atoms with van der Waals surface area (Å²) < 4.78 is 11.6. The molecule has 5 rings (SSSR count). The number of nitrogens with one attached hydrogen (secondary N) is 1. The Kier molecular flexibility index (Phi) is 5.24. The monoisotopic (exact) mass is 461 g/mol. The minimum Gasteiger partial charge on any atom is -0.471 e. The SMILES string of the molecule is CCC(C)(N)c1cnc(OC2(C)CC2)c2cnc(Nc3ccc4c(n3)[C@H](C)[C@H](C)OC4=O)cc12. The molecule has 8 nitrogen and oxygen atoms in total. The van der Waals surface area contributed by atoms with Crippen molar-refractivity contribution in [2.75, 3.05) is 5.32 Å². The fraction of sp³-hybridized carbons (Fsp3) is 0.462. The van der Waals surface area contributed by atoms with Gasteiger partial charge in [0.05, 0.1) is 16.6 Å². The molecule has 3 atom stereocenters. The molecule has 0 saturated heterocycles. The Hall–Kier alpha value is -3.26. The van der Waals surface area contributed by atoms with Crippen LogP contribution < -0.4 is 15.8 Å². The molecule has 0 aromatic carbocycles. The number of nitrogens with zero attached hydrogens (tertiary/aromatic N) is 3. The number of nitrogens with two attached hydrogens (primary N) is 1. The number of carbonyl (C=O) groups excluding carboxylic acids is 1. The highest BCUT2D eigenvalue weighted by atomic mass is 16.5. The molecule has 1 aliphatic heterocycles. The lowest BCUT2D eigenvalue weighted by Crippen LogP contribution is -2.32. The molecule has 1 unspecified atom stereocenters. The lowest BCUT2D eigenvalue weighted by atomic mass is 9.88. The van der Waals surface area contributed by atoms with Gasteiger partial charge in [0.1, 0.15) is 23.3 Å². The topological polar surface area (TPSA) is 112 Å². The zero-order valence-corrected chi connectivity index (χ0v) is 20.3. The molecule has 1 fully saturated rings. The van der Waals surface area contributed by atoms with Crippen LogP contribution in [0.25, 0.3) is 10.8 Å². The van der Waals surface area contributed by atoms with E-state index in [1.54, 1.807) is 18.3 Å². The van der Waals surface area contributed by atoms with E-state index in [1.807, 2.05) is 33.0 Å². The van der Waals surface area contributed by atoms with Crippen molar-refractivity contribution in [1.29, 1.82) is 0 Å². The van der Waals surface area contributed by atoms with Gasteiger partial charge in [-0.25, -0.2) is 19.7 Å². The van der Waals surface area contributed by atoms with Gasteiger partial charge in [0.2, 0.25) is 5.88 Å². The van der Waals surface area contributed by atoms with E-state index in [-0.39, 0.29) is 23.6 Å². The lowest BCUT2D eigenvalue weighted by Gasteiger charge is -2.27. The molecule has 2 aliphatic rings. The Morgan fingerprint density at radius 2 is 1.97 bits per heavy atom. The lowest BCUT2D eigenvalue weighted by molar-refractivity contribution is 0.0235. The number of rotatable bonds is 6. The van der Waals surface area contributed by atoms with E-state index in [1.165, 1.54) is 0 Å². The molecule has 3 aromatic rings. The number of anilines is 2. The molecule has 0 spiro atoms. The van der Waals surface area contributed by atoms with Gasteiger partial charge in [-0.3, -0.25) is 0 Å². The highest BCUT2D eigenvalue weighted by Crippen LogP contribution is 2.42. The normalized spacial score (nSPS) is 22.5. The quantitative estimate of drug-likeness (QED) is 0.496. The number of aromatic nitrogens is 3. The molecular weight excluding hydrogens is 430 g/mol. The molecule has 1 saturated carbocycles. The summed E-state index contributed by atoms with van der Waals surface area (Å²) in [6, 6.07) is 5.49. The number of fused-ring (bicyclic) bond motifs is 2. The minimum atomic E-state index is -0.554. The van der Waals surface area contributed by atoms with Crippen molar-refractivity contribution < 1.29 is 14.3 Å². The van der Waals surface area contributed by atoms with Crippen LogP contribution in [0.15, 0.2) is 30.6 Å². The molecular formula is C26H31N5O3. The molecule has 3 aromatic heterocycles. The van der Waals surface area contributed by atoms with Crippen LogP contribution in [-0.4, -0.2) is 32.6 Å². The first-order valence-corrected chi connectivity index (χ1v) is 11.9. The highest BCUT2D eigenvalue weighted by Gasteiger charge is 2.41. The van der Waals surface area contributed by atoms with Gasteiger partial charge >= 0.3 is 5.97 Å². The van der Waals surface area contributed by atoms with Crippen LogP contribution in [0.1, 0.15) is 81.4 Å². The van der Waals surface area contributed by atoms with Crippen LogP contribution in [-0.2, 0) is 10.3 Å². The summed E-state index contributed by atoms with van der Waals surface area (Å²) in [4.78, 5) is 26.2. The molecule has 0 radical (unpaired) electrons. The van der Waals surface area contributed by atoms with E-state index in [0.717, 1.165) is 41.3 Å². The molecule has 0 amide bonds. The van der Waals surface area contributed by atoms with Crippen molar-refractivity contribution in [3.05, 3.63) is 47.4 Å². The second kappa shape index (κ2) is 7.91. The predicted molar refractivity (Wildman–Crippen MR) is 130 cm³/mol. The number of ether oxygens (including phenoxy) is 2. The van der Waals surface area contributed by atoms with Crippen molar-refractivity contribution in [2.45, 2.75) is 77.0 Å².